The molecule has 4 heteroatoms. The van der Waals surface area contributed by atoms with Crippen LogP contribution >= 0.6 is 0 Å². The Kier molecular flexibility index (Phi) is 1.81. The Labute approximate surface area is 64.3 Å². The molecule has 0 aromatic rings. The van der Waals surface area contributed by atoms with E-state index in [4.69, 9.17) is 10.4 Å². The van der Waals surface area contributed by atoms with Gasteiger partial charge in [0.15, 0.2) is 0 Å². The number of hydrogen-bond acceptors (Lipinski definition) is 2. The standard InChI is InChI=1S/C7H8N2O2/c1-5-6(2-3-8)4-9(5)7(10)11/h2,5H,4H2,1H3,(H,10,11). The summed E-state index contributed by atoms with van der Waals surface area (Å²) >= 11 is 0. The van der Waals surface area contributed by atoms with Gasteiger partial charge in [0.2, 0.25) is 0 Å². The molecule has 1 atom stereocenters. The molecular weight excluding hydrogens is 144 g/mol. The number of amides is 1. The second-order valence-corrected chi connectivity index (χ2v) is 2.43. The highest BCUT2D eigenvalue weighted by Crippen LogP contribution is 2.22. The minimum absolute atomic E-state index is 0.118. The van der Waals surface area contributed by atoms with E-state index in [0.29, 0.717) is 6.54 Å². The normalized spacial score (nSPS) is 26.0. The Morgan fingerprint density at radius 1 is 2.00 bits per heavy atom. The quantitative estimate of drug-likeness (QED) is 0.522. The van der Waals surface area contributed by atoms with E-state index < -0.39 is 6.09 Å². The molecule has 1 N–H and O–H groups in total. The van der Waals surface area contributed by atoms with Crippen LogP contribution in [-0.2, 0) is 0 Å². The van der Waals surface area contributed by atoms with Gasteiger partial charge in [0, 0.05) is 12.6 Å². The van der Waals surface area contributed by atoms with Crippen LogP contribution in [0.4, 0.5) is 4.79 Å². The molecule has 1 amide bonds. The van der Waals surface area contributed by atoms with E-state index in [1.54, 1.807) is 6.92 Å². The molecule has 0 radical (unpaired) electrons. The zero-order valence-electron chi connectivity index (χ0n) is 6.11. The monoisotopic (exact) mass is 152 g/mol. The van der Waals surface area contributed by atoms with Crippen molar-refractivity contribution >= 4 is 6.09 Å². The molecule has 1 rings (SSSR count). The summed E-state index contributed by atoms with van der Waals surface area (Å²) in [6.07, 6.45) is 0.483. The van der Waals surface area contributed by atoms with Gasteiger partial charge in [-0.25, -0.2) is 4.79 Å². The number of allylic oxidation sites excluding steroid dienone is 1. The van der Waals surface area contributed by atoms with Gasteiger partial charge in [-0.05, 0) is 12.5 Å². The maximum atomic E-state index is 10.4. The van der Waals surface area contributed by atoms with E-state index in [1.807, 2.05) is 6.07 Å². The maximum Gasteiger partial charge on any atom is 0.408 e. The van der Waals surface area contributed by atoms with Gasteiger partial charge in [-0.2, -0.15) is 5.26 Å². The Bertz CT molecular complexity index is 252. The fraction of sp³-hybridized carbons (Fsp3) is 0.429. The molecule has 0 aromatic carbocycles. The number of carbonyl (C=O) groups is 1. The van der Waals surface area contributed by atoms with Crippen LogP contribution in [0.25, 0.3) is 0 Å². The van der Waals surface area contributed by atoms with Crippen LogP contribution in [0, 0.1) is 11.3 Å². The summed E-state index contributed by atoms with van der Waals surface area (Å²) in [5.74, 6) is 0. The van der Waals surface area contributed by atoms with Crippen LogP contribution < -0.4 is 0 Å². The summed E-state index contributed by atoms with van der Waals surface area (Å²) in [5, 5.41) is 16.8. The number of carboxylic acid groups (broad SMARTS) is 1. The Balaban J connectivity index is 2.59. The van der Waals surface area contributed by atoms with Crippen molar-refractivity contribution in [2.45, 2.75) is 13.0 Å². The first-order valence-electron chi connectivity index (χ1n) is 3.25. The lowest BCUT2D eigenvalue weighted by Crippen LogP contribution is -2.51. The highest BCUT2D eigenvalue weighted by atomic mass is 16.4. The lowest BCUT2D eigenvalue weighted by atomic mass is 9.98. The van der Waals surface area contributed by atoms with Crippen molar-refractivity contribution < 1.29 is 9.90 Å². The van der Waals surface area contributed by atoms with E-state index in [1.165, 1.54) is 11.0 Å². The highest BCUT2D eigenvalue weighted by Gasteiger charge is 2.32. The Hall–Kier alpha value is -1.50. The molecule has 1 aliphatic heterocycles. The Morgan fingerprint density at radius 3 is 3.00 bits per heavy atom. The van der Waals surface area contributed by atoms with Gasteiger partial charge >= 0.3 is 6.09 Å². The molecule has 1 aliphatic rings. The largest absolute Gasteiger partial charge is 0.465 e. The van der Waals surface area contributed by atoms with E-state index in [-0.39, 0.29) is 6.04 Å². The zero-order chi connectivity index (χ0) is 8.43. The summed E-state index contributed by atoms with van der Waals surface area (Å²) in [6, 6.07) is 1.76. The molecular formula is C7H8N2O2. The van der Waals surface area contributed by atoms with E-state index in [9.17, 15) is 4.79 Å². The SMILES string of the molecule is CC1C(=CC#N)CN1C(=O)O. The molecule has 11 heavy (non-hydrogen) atoms. The number of rotatable bonds is 0. The third-order valence-electron chi connectivity index (χ3n) is 1.85. The minimum Gasteiger partial charge on any atom is -0.465 e. The third-order valence-corrected chi connectivity index (χ3v) is 1.85. The first-order valence-corrected chi connectivity index (χ1v) is 3.25. The maximum absolute atomic E-state index is 10.4. The number of hydrogen-bond donors (Lipinski definition) is 1. The molecule has 1 saturated heterocycles. The van der Waals surface area contributed by atoms with Crippen molar-refractivity contribution in [2.24, 2.45) is 0 Å². The van der Waals surface area contributed by atoms with Crippen molar-refractivity contribution in [1.82, 2.24) is 4.90 Å². The molecule has 58 valence electrons. The van der Waals surface area contributed by atoms with Crippen molar-refractivity contribution in [1.29, 1.82) is 5.26 Å². The van der Waals surface area contributed by atoms with Crippen molar-refractivity contribution in [3.8, 4) is 6.07 Å². The topological polar surface area (TPSA) is 64.3 Å². The first-order chi connectivity index (χ1) is 5.16. The van der Waals surface area contributed by atoms with Gasteiger partial charge in [0.05, 0.1) is 12.1 Å². The number of likely N-dealkylation sites (tertiary alicyclic amines) is 1. The highest BCUT2D eigenvalue weighted by molar-refractivity contribution is 5.69. The molecule has 0 bridgehead atoms. The molecule has 0 spiro atoms. The lowest BCUT2D eigenvalue weighted by Gasteiger charge is -2.38. The molecule has 0 saturated carbocycles. The van der Waals surface area contributed by atoms with Crippen LogP contribution in [0.5, 0.6) is 0 Å². The van der Waals surface area contributed by atoms with Crippen molar-refractivity contribution in [3.63, 3.8) is 0 Å². The predicted octanol–water partition coefficient (Wildman–Crippen LogP) is 0.818. The van der Waals surface area contributed by atoms with E-state index in [0.717, 1.165) is 5.57 Å². The average molecular weight is 152 g/mol. The molecule has 1 unspecified atom stereocenters. The van der Waals surface area contributed by atoms with Crippen molar-refractivity contribution in [3.05, 3.63) is 11.6 Å². The van der Waals surface area contributed by atoms with Crippen LogP contribution in [0.2, 0.25) is 0 Å². The van der Waals surface area contributed by atoms with Crippen LogP contribution in [0.1, 0.15) is 6.92 Å². The third kappa shape index (κ3) is 1.17. The smallest absolute Gasteiger partial charge is 0.408 e. The van der Waals surface area contributed by atoms with Crippen molar-refractivity contribution in [2.75, 3.05) is 6.54 Å². The average Bonchev–Trinajstić information content (AvgIpc) is 1.95. The number of nitriles is 1. The summed E-state index contributed by atoms with van der Waals surface area (Å²) in [5.41, 5.74) is 0.884. The Morgan fingerprint density at radius 2 is 2.64 bits per heavy atom. The van der Waals surface area contributed by atoms with Crippen LogP contribution in [0.15, 0.2) is 11.6 Å². The zero-order valence-corrected chi connectivity index (χ0v) is 6.11. The van der Waals surface area contributed by atoms with Crippen LogP contribution in [0.3, 0.4) is 0 Å². The van der Waals surface area contributed by atoms with Gasteiger partial charge in [-0.15, -0.1) is 0 Å². The fourth-order valence-corrected chi connectivity index (χ4v) is 1.04. The predicted molar refractivity (Wildman–Crippen MR) is 37.9 cm³/mol. The molecule has 1 heterocycles. The fourth-order valence-electron chi connectivity index (χ4n) is 1.04. The van der Waals surface area contributed by atoms with Gasteiger partial charge < -0.3 is 5.11 Å². The van der Waals surface area contributed by atoms with Crippen LogP contribution in [-0.4, -0.2) is 28.7 Å². The molecule has 1 fully saturated rings. The van der Waals surface area contributed by atoms with Gasteiger partial charge in [-0.3, -0.25) is 4.90 Å². The summed E-state index contributed by atoms with van der Waals surface area (Å²) in [6.45, 7) is 2.14. The molecule has 4 nitrogen and oxygen atoms in total. The van der Waals surface area contributed by atoms with Gasteiger partial charge in [0.1, 0.15) is 0 Å². The molecule has 0 aliphatic carbocycles. The number of nitrogens with zero attached hydrogens (tertiary/aromatic N) is 2. The van der Waals surface area contributed by atoms with Gasteiger partial charge in [-0.1, -0.05) is 0 Å². The molecule has 0 aromatic heterocycles. The second kappa shape index (κ2) is 2.62. The van der Waals surface area contributed by atoms with Gasteiger partial charge in [0.25, 0.3) is 0 Å². The second-order valence-electron chi connectivity index (χ2n) is 2.43. The first kappa shape index (κ1) is 7.61. The van der Waals surface area contributed by atoms with E-state index >= 15 is 0 Å². The van der Waals surface area contributed by atoms with E-state index in [2.05, 4.69) is 0 Å². The lowest BCUT2D eigenvalue weighted by molar-refractivity contribution is 0.116. The minimum atomic E-state index is -0.924. The summed E-state index contributed by atoms with van der Waals surface area (Å²) in [4.78, 5) is 11.6. The summed E-state index contributed by atoms with van der Waals surface area (Å²) in [7, 11) is 0. The summed E-state index contributed by atoms with van der Waals surface area (Å²) < 4.78 is 0.